The highest BCUT2D eigenvalue weighted by atomic mass is 19.1. The van der Waals surface area contributed by atoms with Crippen molar-refractivity contribution in [2.75, 3.05) is 31.5 Å². The van der Waals surface area contributed by atoms with E-state index < -0.39 is 17.6 Å². The van der Waals surface area contributed by atoms with Crippen molar-refractivity contribution in [3.05, 3.63) is 95.3 Å². The molecule has 0 spiro atoms. The van der Waals surface area contributed by atoms with Gasteiger partial charge in [0, 0.05) is 41.5 Å². The summed E-state index contributed by atoms with van der Waals surface area (Å²) in [6.45, 7) is 3.14. The Morgan fingerprint density at radius 1 is 0.943 bits per heavy atom. The van der Waals surface area contributed by atoms with E-state index in [-0.39, 0.29) is 17.0 Å². The Hall–Kier alpha value is -4.27. The van der Waals surface area contributed by atoms with Gasteiger partial charge in [-0.1, -0.05) is 12.2 Å². The van der Waals surface area contributed by atoms with Crippen molar-refractivity contribution in [1.82, 2.24) is 16.0 Å². The third-order valence-corrected chi connectivity index (χ3v) is 5.81. The molecule has 35 heavy (non-hydrogen) atoms. The maximum atomic E-state index is 14.7. The van der Waals surface area contributed by atoms with Crippen molar-refractivity contribution in [1.29, 1.82) is 0 Å². The first-order valence-corrected chi connectivity index (χ1v) is 11.4. The maximum Gasteiger partial charge on any atom is 0.258 e. The maximum absolute atomic E-state index is 14.7. The van der Waals surface area contributed by atoms with Crippen LogP contribution < -0.4 is 21.3 Å². The molecule has 5 rings (SSSR count). The molecule has 0 saturated carbocycles. The third-order valence-electron chi connectivity index (χ3n) is 5.81. The number of halogens is 1. The van der Waals surface area contributed by atoms with Gasteiger partial charge in [-0.3, -0.25) is 19.6 Å². The number of hydrogen-bond donors (Lipinski definition) is 4. The number of rotatable bonds is 6. The van der Waals surface area contributed by atoms with Crippen LogP contribution in [0.5, 0.6) is 0 Å². The quantitative estimate of drug-likeness (QED) is 0.519. The number of allylic oxidation sites excluding steroid dienone is 2. The summed E-state index contributed by atoms with van der Waals surface area (Å²) in [7, 11) is 0. The van der Waals surface area contributed by atoms with Crippen molar-refractivity contribution in [3.63, 3.8) is 0 Å². The van der Waals surface area contributed by atoms with Gasteiger partial charge in [-0.2, -0.15) is 0 Å². The summed E-state index contributed by atoms with van der Waals surface area (Å²) in [5, 5.41) is 11.8. The number of carbonyl (C=O) groups is 2. The second-order valence-electron chi connectivity index (χ2n) is 8.23. The molecule has 2 heterocycles. The number of amides is 2. The minimum atomic E-state index is -0.775. The summed E-state index contributed by atoms with van der Waals surface area (Å²) >= 11 is 0. The lowest BCUT2D eigenvalue weighted by Gasteiger charge is -2.17. The molecule has 3 aliphatic rings. The number of benzene rings is 2. The summed E-state index contributed by atoms with van der Waals surface area (Å²) in [6.07, 6.45) is 7.37. The van der Waals surface area contributed by atoms with Gasteiger partial charge in [0.1, 0.15) is 17.5 Å². The smallest absolute Gasteiger partial charge is 0.258 e. The van der Waals surface area contributed by atoms with Crippen molar-refractivity contribution in [3.8, 4) is 0 Å². The highest BCUT2D eigenvalue weighted by Crippen LogP contribution is 2.18. The van der Waals surface area contributed by atoms with Crippen LogP contribution in [0.3, 0.4) is 0 Å². The number of nitrogens with one attached hydrogen (secondary N) is 4. The van der Waals surface area contributed by atoms with E-state index in [2.05, 4.69) is 31.3 Å². The monoisotopic (exact) mass is 471 g/mol. The van der Waals surface area contributed by atoms with Gasteiger partial charge >= 0.3 is 0 Å². The number of carbonyl (C=O) groups excluding carboxylic acids is 2. The molecule has 0 saturated heterocycles. The lowest BCUT2D eigenvalue weighted by Crippen LogP contribution is -2.29. The molecular formula is C26H24FN6O2. The Morgan fingerprint density at radius 2 is 1.74 bits per heavy atom. The SMILES string of the molecule is O=C(Nc1ccc(C2=NCCN2)cc1)c1ccc(C(=O)NC2=C[CH]C(C3=NCCN3)C=C2)c(F)c1. The lowest BCUT2D eigenvalue weighted by atomic mass is 9.98. The molecule has 8 nitrogen and oxygen atoms in total. The molecule has 2 aromatic rings. The number of aliphatic imine (C=N–C) groups is 2. The van der Waals surface area contributed by atoms with Crippen molar-refractivity contribution in [2.24, 2.45) is 15.9 Å². The van der Waals surface area contributed by atoms with Gasteiger partial charge in [0.2, 0.25) is 0 Å². The molecule has 4 N–H and O–H groups in total. The van der Waals surface area contributed by atoms with Gasteiger partial charge in [-0.05, 0) is 55.0 Å². The van der Waals surface area contributed by atoms with Crippen LogP contribution in [0, 0.1) is 18.2 Å². The number of amidine groups is 2. The minimum absolute atomic E-state index is 0.0389. The second kappa shape index (κ2) is 9.92. The Labute approximate surface area is 202 Å². The molecule has 2 aromatic carbocycles. The highest BCUT2D eigenvalue weighted by Gasteiger charge is 2.20. The van der Waals surface area contributed by atoms with Crippen LogP contribution >= 0.6 is 0 Å². The van der Waals surface area contributed by atoms with Gasteiger partial charge in [-0.15, -0.1) is 0 Å². The third kappa shape index (κ3) is 5.13. The van der Waals surface area contributed by atoms with Crippen LogP contribution in [0.1, 0.15) is 26.3 Å². The highest BCUT2D eigenvalue weighted by molar-refractivity contribution is 6.06. The van der Waals surface area contributed by atoms with Gasteiger partial charge in [0.25, 0.3) is 11.8 Å². The predicted octanol–water partition coefficient (Wildman–Crippen LogP) is 2.43. The topological polar surface area (TPSA) is 107 Å². The van der Waals surface area contributed by atoms with Crippen LogP contribution in [0.25, 0.3) is 0 Å². The molecule has 0 fully saturated rings. The Morgan fingerprint density at radius 3 is 2.40 bits per heavy atom. The largest absolute Gasteiger partial charge is 0.371 e. The Balaban J connectivity index is 1.19. The average Bonchev–Trinajstić information content (AvgIpc) is 3.60. The van der Waals surface area contributed by atoms with Gasteiger partial charge < -0.3 is 21.3 Å². The van der Waals surface area contributed by atoms with Crippen LogP contribution in [0.2, 0.25) is 0 Å². The van der Waals surface area contributed by atoms with E-state index in [1.54, 1.807) is 24.3 Å². The van der Waals surface area contributed by atoms with E-state index in [4.69, 9.17) is 0 Å². The molecule has 1 atom stereocenters. The van der Waals surface area contributed by atoms with Crippen molar-refractivity contribution in [2.45, 2.75) is 0 Å². The summed E-state index contributed by atoms with van der Waals surface area (Å²) in [5.74, 6) is -0.0655. The molecule has 0 aromatic heterocycles. The molecule has 9 heteroatoms. The lowest BCUT2D eigenvalue weighted by molar-refractivity contribution is 0.0960. The number of hydrogen-bond acceptors (Lipinski definition) is 6. The fourth-order valence-electron chi connectivity index (χ4n) is 3.98. The standard InChI is InChI=1S/C26H24FN6O2/c27-22-15-18(25(34)32-19-6-1-16(2-7-19)23-28-11-12-29-23)5-10-21(22)26(35)33-20-8-3-17(4-9-20)24-30-13-14-31-24/h1-10,15,17H,11-14H2,(H,28,29)(H,30,31)(H,32,34)(H,33,35). The Kier molecular flexibility index (Phi) is 6.38. The normalized spacial score (nSPS) is 18.7. The number of nitrogens with zero attached hydrogens (tertiary/aromatic N) is 2. The molecular weight excluding hydrogens is 447 g/mol. The summed E-state index contributed by atoms with van der Waals surface area (Å²) in [4.78, 5) is 33.9. The molecule has 2 aliphatic heterocycles. The zero-order valence-corrected chi connectivity index (χ0v) is 18.8. The first-order valence-electron chi connectivity index (χ1n) is 11.4. The van der Waals surface area contributed by atoms with Gasteiger partial charge in [0.05, 0.1) is 18.7 Å². The first kappa shape index (κ1) is 22.5. The molecule has 1 unspecified atom stereocenters. The first-order chi connectivity index (χ1) is 17.1. The zero-order valence-electron chi connectivity index (χ0n) is 18.8. The van der Waals surface area contributed by atoms with Crippen molar-refractivity contribution < 1.29 is 14.0 Å². The van der Waals surface area contributed by atoms with Crippen LogP contribution in [-0.4, -0.2) is 49.7 Å². The average molecular weight is 472 g/mol. The molecule has 177 valence electrons. The second-order valence-corrected chi connectivity index (χ2v) is 8.23. The predicted molar refractivity (Wildman–Crippen MR) is 133 cm³/mol. The molecule has 1 radical (unpaired) electrons. The van der Waals surface area contributed by atoms with E-state index in [1.807, 2.05) is 24.6 Å². The fourth-order valence-corrected chi connectivity index (χ4v) is 3.98. The van der Waals surface area contributed by atoms with E-state index >= 15 is 0 Å². The molecule has 2 amide bonds. The van der Waals surface area contributed by atoms with Crippen LogP contribution in [-0.2, 0) is 0 Å². The van der Waals surface area contributed by atoms with E-state index in [0.717, 1.165) is 49.5 Å². The minimum Gasteiger partial charge on any atom is -0.371 e. The number of anilines is 1. The zero-order chi connectivity index (χ0) is 24.2. The van der Waals surface area contributed by atoms with E-state index in [9.17, 15) is 14.0 Å². The molecule has 1 aliphatic carbocycles. The van der Waals surface area contributed by atoms with Crippen LogP contribution in [0.4, 0.5) is 10.1 Å². The fraction of sp³-hybridized carbons (Fsp3) is 0.192. The molecule has 0 bridgehead atoms. The van der Waals surface area contributed by atoms with Gasteiger partial charge in [0.15, 0.2) is 0 Å². The summed E-state index contributed by atoms with van der Waals surface area (Å²) in [6, 6.07) is 11.0. The van der Waals surface area contributed by atoms with E-state index in [0.29, 0.717) is 11.4 Å². The Bertz CT molecular complexity index is 1280. The summed E-state index contributed by atoms with van der Waals surface area (Å²) < 4.78 is 14.7. The van der Waals surface area contributed by atoms with Gasteiger partial charge in [-0.25, -0.2) is 4.39 Å². The summed E-state index contributed by atoms with van der Waals surface area (Å²) in [5.41, 5.74) is 2.02. The van der Waals surface area contributed by atoms with E-state index in [1.165, 1.54) is 12.1 Å². The van der Waals surface area contributed by atoms with Crippen LogP contribution in [0.15, 0.2) is 76.4 Å². The van der Waals surface area contributed by atoms with Crippen molar-refractivity contribution >= 4 is 29.2 Å².